The predicted molar refractivity (Wildman–Crippen MR) is 116 cm³/mol. The molecule has 0 unspecified atom stereocenters. The number of carbonyl (C=O) groups excluding carboxylic acids is 2. The minimum atomic E-state index is -0.324. The van der Waals surface area contributed by atoms with Crippen LogP contribution in [0.3, 0.4) is 0 Å². The normalized spacial score (nSPS) is 10.1. The molecule has 0 fully saturated rings. The zero-order valence-corrected chi connectivity index (χ0v) is 16.1. The molecular weight excluding hydrogens is 380 g/mol. The lowest BCUT2D eigenvalue weighted by Crippen LogP contribution is -2.33. The quantitative estimate of drug-likeness (QED) is 0.468. The fraction of sp³-hybridized carbons (Fsp3) is 0.0526. The summed E-state index contributed by atoms with van der Waals surface area (Å²) in [5, 5.41) is 11.3. The molecule has 6 nitrogen and oxygen atoms in total. The van der Waals surface area contributed by atoms with E-state index in [9.17, 15) is 9.59 Å². The third-order valence-electron chi connectivity index (χ3n) is 3.15. The Labute approximate surface area is 168 Å². The van der Waals surface area contributed by atoms with E-state index in [4.69, 9.17) is 24.4 Å². The summed E-state index contributed by atoms with van der Waals surface area (Å²) in [5.41, 5.74) is 2.33. The first kappa shape index (κ1) is 20.2. The van der Waals surface area contributed by atoms with Crippen LogP contribution in [0.15, 0.2) is 60.7 Å². The maximum atomic E-state index is 11.9. The van der Waals surface area contributed by atoms with Crippen LogP contribution >= 0.6 is 24.4 Å². The van der Waals surface area contributed by atoms with Crippen LogP contribution in [0, 0.1) is 0 Å². The van der Waals surface area contributed by atoms with E-state index in [1.165, 1.54) is 13.0 Å². The van der Waals surface area contributed by atoms with E-state index in [0.717, 1.165) is 5.56 Å². The van der Waals surface area contributed by atoms with Crippen molar-refractivity contribution in [3.05, 3.63) is 66.2 Å². The van der Waals surface area contributed by atoms with Crippen molar-refractivity contribution in [2.24, 2.45) is 0 Å². The Morgan fingerprint density at radius 3 is 1.85 bits per heavy atom. The number of carbonyl (C=O) groups is 2. The van der Waals surface area contributed by atoms with Gasteiger partial charge in [-0.2, -0.15) is 0 Å². The van der Waals surface area contributed by atoms with Crippen molar-refractivity contribution < 1.29 is 9.59 Å². The summed E-state index contributed by atoms with van der Waals surface area (Å²) < 4.78 is 0. The Bertz CT molecular complexity index is 865. The van der Waals surface area contributed by atoms with E-state index in [2.05, 4.69) is 21.3 Å². The molecule has 27 heavy (non-hydrogen) atoms. The van der Waals surface area contributed by atoms with E-state index in [0.29, 0.717) is 11.4 Å². The molecule has 0 saturated carbocycles. The maximum absolute atomic E-state index is 11.9. The van der Waals surface area contributed by atoms with E-state index in [1.54, 1.807) is 30.3 Å². The number of thiocarbonyl (C=S) groups is 2. The zero-order valence-electron chi connectivity index (χ0n) is 14.5. The smallest absolute Gasteiger partial charge is 0.250 e. The van der Waals surface area contributed by atoms with Gasteiger partial charge in [-0.05, 0) is 60.3 Å². The van der Waals surface area contributed by atoms with Gasteiger partial charge in [-0.25, -0.2) is 0 Å². The van der Waals surface area contributed by atoms with Crippen molar-refractivity contribution in [3.8, 4) is 0 Å². The topological polar surface area (TPSA) is 82.3 Å². The average Bonchev–Trinajstić information content (AvgIpc) is 2.62. The second-order valence-electron chi connectivity index (χ2n) is 5.40. The SMILES string of the molecule is CC(=O)NC(=S)Nc1ccc(NC(=S)NC(=O)C=Cc2ccccc2)cc1. The minimum Gasteiger partial charge on any atom is -0.332 e. The molecule has 0 saturated heterocycles. The molecule has 0 spiro atoms. The standard InChI is InChI=1S/C19H18N4O2S2/c1-13(24)20-18(26)21-15-8-10-16(11-9-15)22-19(27)23-17(25)12-7-14-5-3-2-4-6-14/h2-12H,1H3,(H2,20,21,24,26)(H2,22,23,25,27). The highest BCUT2D eigenvalue weighted by molar-refractivity contribution is 7.80. The molecule has 0 aliphatic heterocycles. The van der Waals surface area contributed by atoms with E-state index >= 15 is 0 Å². The summed E-state index contributed by atoms with van der Waals surface area (Å²) in [6.07, 6.45) is 3.12. The molecule has 0 radical (unpaired) electrons. The summed E-state index contributed by atoms with van der Waals surface area (Å²) in [5.74, 6) is -0.566. The number of hydrogen-bond donors (Lipinski definition) is 4. The van der Waals surface area contributed by atoms with Crippen molar-refractivity contribution in [2.75, 3.05) is 10.6 Å². The predicted octanol–water partition coefficient (Wildman–Crippen LogP) is 3.05. The molecule has 2 aromatic rings. The number of hydrogen-bond acceptors (Lipinski definition) is 4. The van der Waals surface area contributed by atoms with Crippen LogP contribution in [-0.2, 0) is 9.59 Å². The molecule has 138 valence electrons. The van der Waals surface area contributed by atoms with Crippen LogP contribution in [0.2, 0.25) is 0 Å². The zero-order chi connectivity index (χ0) is 19.6. The van der Waals surface area contributed by atoms with Crippen LogP contribution in [0.5, 0.6) is 0 Å². The minimum absolute atomic E-state index is 0.187. The van der Waals surface area contributed by atoms with Crippen molar-refractivity contribution in [1.29, 1.82) is 0 Å². The van der Waals surface area contributed by atoms with Gasteiger partial charge in [-0.1, -0.05) is 30.3 Å². The van der Waals surface area contributed by atoms with Crippen LogP contribution in [0.1, 0.15) is 12.5 Å². The first-order valence-electron chi connectivity index (χ1n) is 7.96. The van der Waals surface area contributed by atoms with Gasteiger partial charge < -0.3 is 16.0 Å². The average molecular weight is 399 g/mol. The lowest BCUT2D eigenvalue weighted by atomic mass is 10.2. The highest BCUT2D eigenvalue weighted by Crippen LogP contribution is 2.13. The number of nitrogens with one attached hydrogen (secondary N) is 4. The molecule has 0 atom stereocenters. The number of rotatable bonds is 4. The van der Waals surface area contributed by atoms with Gasteiger partial charge in [0.2, 0.25) is 11.8 Å². The Balaban J connectivity index is 1.83. The summed E-state index contributed by atoms with van der Waals surface area (Å²) in [7, 11) is 0. The largest absolute Gasteiger partial charge is 0.332 e. The Morgan fingerprint density at radius 2 is 1.33 bits per heavy atom. The van der Waals surface area contributed by atoms with Gasteiger partial charge in [0.1, 0.15) is 0 Å². The molecule has 2 amide bonds. The second kappa shape index (κ2) is 10.1. The lowest BCUT2D eigenvalue weighted by molar-refractivity contribution is -0.117. The third kappa shape index (κ3) is 7.76. The van der Waals surface area contributed by atoms with E-state index in [1.807, 2.05) is 30.3 Å². The number of anilines is 2. The Kier molecular flexibility index (Phi) is 7.60. The molecular formula is C19H18N4O2S2. The summed E-state index contributed by atoms with van der Waals surface area (Å²) >= 11 is 10.1. The van der Waals surface area contributed by atoms with Crippen molar-refractivity contribution in [1.82, 2.24) is 10.6 Å². The van der Waals surface area contributed by atoms with E-state index < -0.39 is 0 Å². The van der Waals surface area contributed by atoms with Crippen molar-refractivity contribution >= 4 is 63.9 Å². The van der Waals surface area contributed by atoms with Crippen LogP contribution in [-0.4, -0.2) is 22.0 Å². The molecule has 0 aliphatic rings. The van der Waals surface area contributed by atoms with Gasteiger partial charge in [-0.3, -0.25) is 14.9 Å². The van der Waals surface area contributed by atoms with Gasteiger partial charge >= 0.3 is 0 Å². The van der Waals surface area contributed by atoms with Crippen molar-refractivity contribution in [3.63, 3.8) is 0 Å². The summed E-state index contributed by atoms with van der Waals surface area (Å²) in [6, 6.07) is 16.5. The summed E-state index contributed by atoms with van der Waals surface area (Å²) in [4.78, 5) is 22.8. The second-order valence-corrected chi connectivity index (χ2v) is 6.22. The first-order valence-corrected chi connectivity index (χ1v) is 8.78. The molecule has 4 N–H and O–H groups in total. The van der Waals surface area contributed by atoms with Gasteiger partial charge in [-0.15, -0.1) is 0 Å². The van der Waals surface area contributed by atoms with Gasteiger partial charge in [0, 0.05) is 24.4 Å². The third-order valence-corrected chi connectivity index (χ3v) is 3.56. The van der Waals surface area contributed by atoms with Crippen LogP contribution in [0.25, 0.3) is 6.08 Å². The first-order chi connectivity index (χ1) is 12.9. The Hall–Kier alpha value is -3.10. The van der Waals surface area contributed by atoms with Crippen molar-refractivity contribution in [2.45, 2.75) is 6.92 Å². The molecule has 8 heteroatoms. The highest BCUT2D eigenvalue weighted by atomic mass is 32.1. The molecule has 0 aliphatic carbocycles. The molecule has 0 heterocycles. The lowest BCUT2D eigenvalue weighted by Gasteiger charge is -2.11. The number of benzene rings is 2. The van der Waals surface area contributed by atoms with Gasteiger partial charge in [0.25, 0.3) is 0 Å². The summed E-state index contributed by atoms with van der Waals surface area (Å²) in [6.45, 7) is 1.38. The molecule has 0 aromatic heterocycles. The molecule has 2 rings (SSSR count). The fourth-order valence-electron chi connectivity index (χ4n) is 2.01. The number of amides is 2. The highest BCUT2D eigenvalue weighted by Gasteiger charge is 2.03. The maximum Gasteiger partial charge on any atom is 0.250 e. The van der Waals surface area contributed by atoms with Crippen LogP contribution < -0.4 is 21.3 Å². The van der Waals surface area contributed by atoms with Gasteiger partial charge in [0.15, 0.2) is 10.2 Å². The Morgan fingerprint density at radius 1 is 0.815 bits per heavy atom. The van der Waals surface area contributed by atoms with Crippen LogP contribution in [0.4, 0.5) is 11.4 Å². The van der Waals surface area contributed by atoms with Gasteiger partial charge in [0.05, 0.1) is 0 Å². The van der Waals surface area contributed by atoms with E-state index in [-0.39, 0.29) is 22.0 Å². The molecule has 2 aromatic carbocycles. The monoisotopic (exact) mass is 398 g/mol. The fourth-order valence-corrected chi connectivity index (χ4v) is 2.49. The molecule has 0 bridgehead atoms.